The van der Waals surface area contributed by atoms with Crippen molar-refractivity contribution in [3.8, 4) is 0 Å². The van der Waals surface area contributed by atoms with Crippen LogP contribution >= 0.6 is 11.6 Å². The number of aliphatic hydroxyl groups excluding tert-OH is 1. The van der Waals surface area contributed by atoms with Gasteiger partial charge in [0.15, 0.2) is 11.5 Å². The largest absolute Gasteiger partial charge is 0.465 e. The van der Waals surface area contributed by atoms with Gasteiger partial charge in [0.25, 0.3) is 0 Å². The molecular weight excluding hydrogens is 246 g/mol. The predicted molar refractivity (Wildman–Crippen MR) is 60.0 cm³/mol. The number of aliphatic hydroxyl groups is 1. The second-order valence-corrected chi connectivity index (χ2v) is 3.90. The molecule has 0 aromatic carbocycles. The molecule has 0 spiro atoms. The summed E-state index contributed by atoms with van der Waals surface area (Å²) in [6, 6.07) is 1.45. The number of nitrogens with zero attached hydrogens (tertiary/aromatic N) is 3. The van der Waals surface area contributed by atoms with E-state index in [9.17, 15) is 9.90 Å². The Kier molecular flexibility index (Phi) is 2.99. The minimum atomic E-state index is -0.811. The molecule has 17 heavy (non-hydrogen) atoms. The Balaban J connectivity index is 2.69. The fraction of sp³-hybridized carbons (Fsp3) is 0.300. The molecule has 0 aliphatic carbocycles. The lowest BCUT2D eigenvalue weighted by atomic mass is 10.3. The topological polar surface area (TPSA) is 76.7 Å². The Hall–Kier alpha value is -1.66. The van der Waals surface area contributed by atoms with Crippen molar-refractivity contribution in [2.24, 2.45) is 0 Å². The summed E-state index contributed by atoms with van der Waals surface area (Å²) in [5, 5.41) is 17.4. The van der Waals surface area contributed by atoms with Gasteiger partial charge in [0.05, 0.1) is 17.7 Å². The van der Waals surface area contributed by atoms with Crippen LogP contribution in [0.15, 0.2) is 12.3 Å². The van der Waals surface area contributed by atoms with Gasteiger partial charge in [0.2, 0.25) is 0 Å². The Morgan fingerprint density at radius 2 is 2.29 bits per heavy atom. The van der Waals surface area contributed by atoms with Crippen molar-refractivity contribution >= 4 is 23.2 Å². The number of carbonyl (C=O) groups is 1. The summed E-state index contributed by atoms with van der Waals surface area (Å²) in [5.41, 5.74) is 0.655. The number of hydrogen-bond donors (Lipinski definition) is 1. The van der Waals surface area contributed by atoms with E-state index < -0.39 is 12.1 Å². The molecular formula is C10H10ClN3O3. The number of hydrogen-bond acceptors (Lipinski definition) is 5. The van der Waals surface area contributed by atoms with Gasteiger partial charge in [-0.1, -0.05) is 11.6 Å². The summed E-state index contributed by atoms with van der Waals surface area (Å²) in [7, 11) is 1.28. The van der Waals surface area contributed by atoms with Gasteiger partial charge < -0.3 is 9.84 Å². The Bertz CT molecular complexity index is 579. The molecule has 1 atom stereocenters. The van der Waals surface area contributed by atoms with E-state index in [4.69, 9.17) is 11.6 Å². The highest BCUT2D eigenvalue weighted by Gasteiger charge is 2.16. The minimum Gasteiger partial charge on any atom is -0.465 e. The minimum absolute atomic E-state index is 0.270. The summed E-state index contributed by atoms with van der Waals surface area (Å²) in [6.45, 7) is 1.55. The number of esters is 1. The van der Waals surface area contributed by atoms with Crippen LogP contribution in [0.4, 0.5) is 0 Å². The van der Waals surface area contributed by atoms with Crippen molar-refractivity contribution in [1.29, 1.82) is 0 Å². The quantitative estimate of drug-likeness (QED) is 0.817. The van der Waals surface area contributed by atoms with Crippen LogP contribution in [0.5, 0.6) is 0 Å². The summed E-state index contributed by atoms with van der Waals surface area (Å²) < 4.78 is 6.07. The van der Waals surface area contributed by atoms with E-state index in [0.29, 0.717) is 11.5 Å². The molecule has 2 rings (SSSR count). The first-order valence-corrected chi connectivity index (χ1v) is 5.23. The fourth-order valence-electron chi connectivity index (χ4n) is 1.49. The van der Waals surface area contributed by atoms with Crippen molar-refractivity contribution in [1.82, 2.24) is 14.6 Å². The molecule has 0 bridgehead atoms. The standard InChI is InChI=1S/C10H10ClN3O3/c1-5(15)8-12-13-9-7(11)3-6(4-14(8)9)10(16)17-2/h3-5,15H,1-2H3. The van der Waals surface area contributed by atoms with Crippen LogP contribution in [0.3, 0.4) is 0 Å². The number of fused-ring (bicyclic) bond motifs is 1. The highest BCUT2D eigenvalue weighted by molar-refractivity contribution is 6.33. The van der Waals surface area contributed by atoms with E-state index in [2.05, 4.69) is 14.9 Å². The maximum absolute atomic E-state index is 11.4. The van der Waals surface area contributed by atoms with Crippen molar-refractivity contribution in [3.63, 3.8) is 0 Å². The molecule has 0 aliphatic rings. The molecule has 0 fully saturated rings. The zero-order chi connectivity index (χ0) is 12.6. The number of aromatic nitrogens is 3. The third-order valence-electron chi connectivity index (χ3n) is 2.28. The molecule has 0 amide bonds. The highest BCUT2D eigenvalue weighted by atomic mass is 35.5. The number of rotatable bonds is 2. The second kappa shape index (κ2) is 4.31. The molecule has 0 saturated carbocycles. The maximum atomic E-state index is 11.4. The monoisotopic (exact) mass is 255 g/mol. The van der Waals surface area contributed by atoms with Gasteiger partial charge >= 0.3 is 5.97 Å². The molecule has 0 radical (unpaired) electrons. The Morgan fingerprint density at radius 3 is 2.88 bits per heavy atom. The summed E-state index contributed by atoms with van der Waals surface area (Å²) in [4.78, 5) is 11.4. The average Bonchev–Trinajstić information content (AvgIpc) is 2.72. The van der Waals surface area contributed by atoms with Gasteiger partial charge in [-0.05, 0) is 13.0 Å². The summed E-state index contributed by atoms with van der Waals surface area (Å²) in [6.07, 6.45) is 0.670. The molecule has 6 nitrogen and oxygen atoms in total. The Labute approximate surface area is 102 Å². The Morgan fingerprint density at radius 1 is 1.59 bits per heavy atom. The van der Waals surface area contributed by atoms with E-state index in [1.165, 1.54) is 23.8 Å². The van der Waals surface area contributed by atoms with E-state index in [1.54, 1.807) is 6.92 Å². The van der Waals surface area contributed by atoms with Crippen LogP contribution in [-0.4, -0.2) is 32.8 Å². The van der Waals surface area contributed by atoms with E-state index in [1.807, 2.05) is 0 Å². The fourth-order valence-corrected chi connectivity index (χ4v) is 1.73. The van der Waals surface area contributed by atoms with Gasteiger partial charge in [-0.2, -0.15) is 0 Å². The average molecular weight is 256 g/mol. The zero-order valence-electron chi connectivity index (χ0n) is 9.22. The predicted octanol–water partition coefficient (Wildman–Crippen LogP) is 1.22. The number of ether oxygens (including phenoxy) is 1. The van der Waals surface area contributed by atoms with E-state index in [-0.39, 0.29) is 10.6 Å². The molecule has 90 valence electrons. The van der Waals surface area contributed by atoms with Crippen LogP contribution in [-0.2, 0) is 4.74 Å². The number of pyridine rings is 1. The first-order chi connectivity index (χ1) is 8.04. The molecule has 1 N–H and O–H groups in total. The molecule has 2 aromatic heterocycles. The highest BCUT2D eigenvalue weighted by Crippen LogP contribution is 2.21. The molecule has 0 saturated heterocycles. The van der Waals surface area contributed by atoms with Crippen LogP contribution in [0, 0.1) is 0 Å². The molecule has 1 unspecified atom stereocenters. The normalized spacial score (nSPS) is 12.7. The molecule has 2 aromatic rings. The van der Waals surface area contributed by atoms with Gasteiger partial charge in [0, 0.05) is 6.20 Å². The van der Waals surface area contributed by atoms with E-state index in [0.717, 1.165) is 0 Å². The second-order valence-electron chi connectivity index (χ2n) is 3.50. The van der Waals surface area contributed by atoms with Gasteiger partial charge in [0.1, 0.15) is 6.10 Å². The van der Waals surface area contributed by atoms with Gasteiger partial charge in [-0.15, -0.1) is 10.2 Å². The van der Waals surface area contributed by atoms with Crippen LogP contribution in [0.1, 0.15) is 29.2 Å². The molecule has 2 heterocycles. The van der Waals surface area contributed by atoms with Gasteiger partial charge in [-0.25, -0.2) is 4.79 Å². The summed E-state index contributed by atoms with van der Waals surface area (Å²) >= 11 is 5.97. The van der Waals surface area contributed by atoms with Crippen molar-refractivity contribution in [3.05, 3.63) is 28.7 Å². The number of halogens is 1. The van der Waals surface area contributed by atoms with Crippen molar-refractivity contribution in [2.75, 3.05) is 7.11 Å². The smallest absolute Gasteiger partial charge is 0.339 e. The SMILES string of the molecule is COC(=O)c1cc(Cl)c2nnc(C(C)O)n2c1. The first-order valence-electron chi connectivity index (χ1n) is 4.85. The number of methoxy groups -OCH3 is 1. The van der Waals surface area contributed by atoms with Crippen molar-refractivity contribution < 1.29 is 14.6 Å². The third kappa shape index (κ3) is 1.96. The first kappa shape index (κ1) is 11.8. The lowest BCUT2D eigenvalue weighted by Gasteiger charge is -2.05. The van der Waals surface area contributed by atoms with E-state index >= 15 is 0 Å². The molecule has 7 heteroatoms. The van der Waals surface area contributed by atoms with Crippen molar-refractivity contribution in [2.45, 2.75) is 13.0 Å². The van der Waals surface area contributed by atoms with Crippen LogP contribution in [0.25, 0.3) is 5.65 Å². The third-order valence-corrected chi connectivity index (χ3v) is 2.56. The van der Waals surface area contributed by atoms with Gasteiger partial charge in [-0.3, -0.25) is 4.40 Å². The maximum Gasteiger partial charge on any atom is 0.339 e. The van der Waals surface area contributed by atoms with Crippen LogP contribution < -0.4 is 0 Å². The number of carbonyl (C=O) groups excluding carboxylic acids is 1. The lowest BCUT2D eigenvalue weighted by molar-refractivity contribution is 0.0600. The molecule has 0 aliphatic heterocycles. The lowest BCUT2D eigenvalue weighted by Crippen LogP contribution is -2.05. The summed E-state index contributed by atoms with van der Waals surface area (Å²) in [5.74, 6) is -0.202. The van der Waals surface area contributed by atoms with Crippen LogP contribution in [0.2, 0.25) is 5.02 Å². The zero-order valence-corrected chi connectivity index (χ0v) is 9.97.